The smallest absolute Gasteiger partial charge is 0.415 e. The minimum absolute atomic E-state index is 0.0227. The predicted molar refractivity (Wildman–Crippen MR) is 186 cm³/mol. The van der Waals surface area contributed by atoms with Crippen molar-refractivity contribution < 1.29 is 51.3 Å². The predicted octanol–water partition coefficient (Wildman–Crippen LogP) is 3.77. The molecule has 18 heteroatoms. The van der Waals surface area contributed by atoms with E-state index in [0.29, 0.717) is 76.0 Å². The number of rotatable bonds is 21. The van der Waals surface area contributed by atoms with Gasteiger partial charge in [0.05, 0.1) is 38.4 Å². The van der Waals surface area contributed by atoms with Crippen LogP contribution in [0.5, 0.6) is 11.5 Å². The second kappa shape index (κ2) is 21.0. The van der Waals surface area contributed by atoms with Crippen LogP contribution < -0.4 is 14.8 Å². The number of nitrogens with one attached hydrogen (secondary N) is 1. The molecule has 0 spiro atoms. The lowest BCUT2D eigenvalue weighted by molar-refractivity contribution is -0.145. The first-order valence-corrected chi connectivity index (χ1v) is 18.7. The number of azide groups is 1. The van der Waals surface area contributed by atoms with Crippen LogP contribution in [0.15, 0.2) is 58.7 Å². The van der Waals surface area contributed by atoms with Crippen molar-refractivity contribution in [3.05, 3.63) is 64.5 Å². The van der Waals surface area contributed by atoms with Gasteiger partial charge in [-0.3, -0.25) is 4.79 Å². The molecule has 2 aromatic carbocycles. The van der Waals surface area contributed by atoms with Gasteiger partial charge in [0.2, 0.25) is 15.9 Å². The van der Waals surface area contributed by atoms with Crippen molar-refractivity contribution in [3.8, 4) is 11.5 Å². The Kier molecular flexibility index (Phi) is 16.3. The number of amides is 2. The molecule has 17 nitrogen and oxygen atoms in total. The van der Waals surface area contributed by atoms with Crippen LogP contribution in [0.3, 0.4) is 0 Å². The van der Waals surface area contributed by atoms with E-state index in [-0.39, 0.29) is 24.5 Å². The Bertz CT molecular complexity index is 1600. The lowest BCUT2D eigenvalue weighted by Crippen LogP contribution is -2.51. The Morgan fingerprint density at radius 3 is 2.23 bits per heavy atom. The molecule has 0 radical (unpaired) electrons. The van der Waals surface area contributed by atoms with Gasteiger partial charge in [-0.15, -0.1) is 0 Å². The average molecular weight is 747 g/mol. The molecule has 2 saturated heterocycles. The van der Waals surface area contributed by atoms with Crippen LogP contribution in [0, 0.1) is 0 Å². The van der Waals surface area contributed by atoms with Crippen LogP contribution in [-0.2, 0) is 45.1 Å². The second-order valence-corrected chi connectivity index (χ2v) is 13.9. The minimum Gasteiger partial charge on any atom is -0.494 e. The Balaban J connectivity index is 1.22. The van der Waals surface area contributed by atoms with Crippen molar-refractivity contribution >= 4 is 28.0 Å². The number of likely N-dealkylation sites (tertiary alicyclic amines) is 1. The number of unbranched alkanes of at least 4 members (excludes halogenated alkanes) is 1. The van der Waals surface area contributed by atoms with Crippen molar-refractivity contribution in [1.82, 2.24) is 14.5 Å². The van der Waals surface area contributed by atoms with Gasteiger partial charge < -0.3 is 38.7 Å². The van der Waals surface area contributed by atoms with E-state index in [1.165, 1.54) is 19.2 Å². The fourth-order valence-corrected chi connectivity index (χ4v) is 7.37. The third-order valence-electron chi connectivity index (χ3n) is 8.41. The fraction of sp³-hybridized carbons (Fsp3) is 0.559. The molecule has 2 fully saturated rings. The van der Waals surface area contributed by atoms with Gasteiger partial charge in [-0.1, -0.05) is 12.1 Å². The van der Waals surface area contributed by atoms with Gasteiger partial charge in [0.1, 0.15) is 35.5 Å². The van der Waals surface area contributed by atoms with E-state index >= 15 is 0 Å². The summed E-state index contributed by atoms with van der Waals surface area (Å²) in [5.41, 5.74) is 8.78. The third kappa shape index (κ3) is 12.3. The topological polar surface area (TPSA) is 208 Å². The first kappa shape index (κ1) is 40.2. The maximum atomic E-state index is 13.6. The Morgan fingerprint density at radius 2 is 1.54 bits per heavy atom. The summed E-state index contributed by atoms with van der Waals surface area (Å²) in [7, 11) is -2.82. The molecule has 2 aliphatic rings. The zero-order valence-corrected chi connectivity index (χ0v) is 30.0. The number of nitrogens with zero attached hydrogens (tertiary/aromatic N) is 5. The van der Waals surface area contributed by atoms with Gasteiger partial charge in [-0.2, -0.15) is 4.31 Å². The van der Waals surface area contributed by atoms with Crippen LogP contribution in [0.25, 0.3) is 10.4 Å². The van der Waals surface area contributed by atoms with Crippen molar-refractivity contribution in [1.29, 1.82) is 0 Å². The van der Waals surface area contributed by atoms with Crippen LogP contribution in [0.4, 0.5) is 4.79 Å². The summed E-state index contributed by atoms with van der Waals surface area (Å²) in [4.78, 5) is 47.2. The molecule has 1 N–H and O–H groups in total. The molecule has 2 amide bonds. The Hall–Kier alpha value is -4.61. The molecule has 2 atom stereocenters. The van der Waals surface area contributed by atoms with Gasteiger partial charge >= 0.3 is 12.1 Å². The maximum Gasteiger partial charge on any atom is 0.415 e. The maximum absolute atomic E-state index is 13.6. The molecule has 2 aliphatic heterocycles. The van der Waals surface area contributed by atoms with E-state index in [2.05, 4.69) is 20.3 Å². The van der Waals surface area contributed by atoms with Gasteiger partial charge in [0.25, 0.3) is 0 Å². The summed E-state index contributed by atoms with van der Waals surface area (Å²) in [6.45, 7) is 3.68. The van der Waals surface area contributed by atoms with Gasteiger partial charge in [0, 0.05) is 37.6 Å². The van der Waals surface area contributed by atoms with E-state index < -0.39 is 40.1 Å². The number of hydrogen-bond donors (Lipinski definition) is 1. The molecule has 0 bridgehead atoms. The lowest BCUT2D eigenvalue weighted by Gasteiger charge is -2.25. The lowest BCUT2D eigenvalue weighted by atomic mass is 10.0. The molecule has 2 aromatic rings. The zero-order valence-electron chi connectivity index (χ0n) is 29.2. The number of hydrogen-bond acceptors (Lipinski definition) is 12. The quantitative estimate of drug-likeness (QED) is 0.0486. The number of ether oxygens (including phenoxy) is 5. The van der Waals surface area contributed by atoms with E-state index in [1.54, 1.807) is 41.3 Å². The first-order chi connectivity index (χ1) is 25.2. The monoisotopic (exact) mass is 746 g/mol. The summed E-state index contributed by atoms with van der Waals surface area (Å²) in [6, 6.07) is 10.6. The zero-order chi connectivity index (χ0) is 37.2. The molecular formula is C34H46N6O11S. The molecule has 2 heterocycles. The SMILES string of the molecule is COC(=O)C(Cc1ccc(OC(=O)N2CCCC2)cc1)NC(=O)[C@@H]1CCCN1S(=O)(=O)c1ccc(OCCCCOCCOCCON=[N+]=[N-])cc1. The van der Waals surface area contributed by atoms with Crippen LogP contribution in [0.2, 0.25) is 0 Å². The molecule has 0 aromatic heterocycles. The van der Waals surface area contributed by atoms with Gasteiger partial charge in [-0.05, 0) is 86.0 Å². The van der Waals surface area contributed by atoms with E-state index in [1.807, 2.05) is 0 Å². The fourth-order valence-electron chi connectivity index (χ4n) is 5.71. The summed E-state index contributed by atoms with van der Waals surface area (Å²) < 4.78 is 55.3. The van der Waals surface area contributed by atoms with Crippen LogP contribution >= 0.6 is 0 Å². The van der Waals surface area contributed by atoms with Crippen molar-refractivity contribution in [2.45, 2.75) is 61.9 Å². The molecule has 52 heavy (non-hydrogen) atoms. The molecule has 284 valence electrons. The highest BCUT2D eigenvalue weighted by molar-refractivity contribution is 7.89. The number of carbonyl (C=O) groups is 3. The van der Waals surface area contributed by atoms with Crippen LogP contribution in [0.1, 0.15) is 44.1 Å². The standard InChI is InChI=1S/C34H46N6O11S/c1-46-33(42)30(25-26-8-10-28(11-9-26)51-34(43)39-16-2-3-17-39)36-32(41)31-7-6-18-40(31)52(44,45)29-14-12-27(13-15-29)49-20-5-4-19-47-21-22-48-23-24-50-38-37-35/h8-15,30-31H,2-7,16-25H2,1H3,(H,36,41)/t30?,31-/m0/s1. The Morgan fingerprint density at radius 1 is 0.885 bits per heavy atom. The van der Waals surface area contributed by atoms with Gasteiger partial charge in [0.15, 0.2) is 0 Å². The number of sulfonamides is 1. The Labute approximate surface area is 303 Å². The highest BCUT2D eigenvalue weighted by Gasteiger charge is 2.40. The van der Waals surface area contributed by atoms with Crippen molar-refractivity contribution in [2.75, 3.05) is 66.4 Å². The molecular weight excluding hydrogens is 700 g/mol. The van der Waals surface area contributed by atoms with Gasteiger partial charge in [-0.25, -0.2) is 18.0 Å². The van der Waals surface area contributed by atoms with Crippen molar-refractivity contribution in [2.24, 2.45) is 5.28 Å². The normalized spacial score (nSPS) is 16.5. The molecule has 0 aliphatic carbocycles. The summed E-state index contributed by atoms with van der Waals surface area (Å²) in [5, 5.41) is 5.64. The summed E-state index contributed by atoms with van der Waals surface area (Å²) in [6.07, 6.45) is 3.81. The highest BCUT2D eigenvalue weighted by Crippen LogP contribution is 2.28. The van der Waals surface area contributed by atoms with Crippen molar-refractivity contribution in [3.63, 3.8) is 0 Å². The van der Waals surface area contributed by atoms with E-state index in [0.717, 1.165) is 30.0 Å². The summed E-state index contributed by atoms with van der Waals surface area (Å²) >= 11 is 0. The first-order valence-electron chi connectivity index (χ1n) is 17.2. The second-order valence-electron chi connectivity index (χ2n) is 12.0. The number of esters is 1. The number of methoxy groups -OCH3 is 1. The largest absolute Gasteiger partial charge is 0.494 e. The third-order valence-corrected chi connectivity index (χ3v) is 10.3. The summed E-state index contributed by atoms with van der Waals surface area (Å²) in [5.74, 6) is -0.405. The minimum atomic E-state index is -4.04. The number of benzene rings is 2. The molecule has 4 rings (SSSR count). The molecule has 1 unspecified atom stereocenters. The molecule has 0 saturated carbocycles. The van der Waals surface area contributed by atoms with Crippen LogP contribution in [-0.4, -0.2) is 114 Å². The average Bonchev–Trinajstić information content (AvgIpc) is 3.88. The van der Waals surface area contributed by atoms with E-state index in [4.69, 9.17) is 29.2 Å². The number of carbonyl (C=O) groups excluding carboxylic acids is 3. The van der Waals surface area contributed by atoms with E-state index in [9.17, 15) is 22.8 Å². The highest BCUT2D eigenvalue weighted by atomic mass is 32.2.